The Bertz CT molecular complexity index is 337. The zero-order valence-electron chi connectivity index (χ0n) is 8.71. The van der Waals surface area contributed by atoms with Gasteiger partial charge in [0.15, 0.2) is 0 Å². The summed E-state index contributed by atoms with van der Waals surface area (Å²) in [5.41, 5.74) is 2.85. The first-order valence-corrected chi connectivity index (χ1v) is 6.49. The van der Waals surface area contributed by atoms with Gasteiger partial charge in [-0.25, -0.2) is 0 Å². The molecular formula is C12H16S2. The van der Waals surface area contributed by atoms with Crippen molar-refractivity contribution in [3.05, 3.63) is 29.3 Å². The number of hydrogen-bond donors (Lipinski definition) is 1. The molecule has 0 amide bonds. The van der Waals surface area contributed by atoms with Crippen LogP contribution in [0, 0.1) is 0 Å². The summed E-state index contributed by atoms with van der Waals surface area (Å²) >= 11 is 6.59. The molecule has 2 heteroatoms. The molecule has 0 aromatic heterocycles. The standard InChI is InChI=1S/C12H16S2/c1-12(2,13)10-5-6-11-9(8-10)4-3-7-14-11/h5-6,8,13H,3-4,7H2,1-2H3. The Hall–Kier alpha value is -0.0800. The lowest BCUT2D eigenvalue weighted by atomic mass is 9.98. The van der Waals surface area contributed by atoms with Crippen LogP contribution in [0.5, 0.6) is 0 Å². The van der Waals surface area contributed by atoms with Crippen LogP contribution in [-0.2, 0) is 11.2 Å². The molecule has 0 saturated carbocycles. The topological polar surface area (TPSA) is 0 Å². The predicted octanol–water partition coefficient (Wildman–Crippen LogP) is 3.89. The van der Waals surface area contributed by atoms with Crippen molar-refractivity contribution >= 4 is 24.4 Å². The van der Waals surface area contributed by atoms with Gasteiger partial charge in [-0.3, -0.25) is 0 Å². The van der Waals surface area contributed by atoms with E-state index in [1.165, 1.54) is 34.6 Å². The van der Waals surface area contributed by atoms with Crippen LogP contribution in [0.15, 0.2) is 23.1 Å². The second kappa shape index (κ2) is 3.82. The summed E-state index contributed by atoms with van der Waals surface area (Å²) < 4.78 is -0.0167. The predicted molar refractivity (Wildman–Crippen MR) is 67.5 cm³/mol. The highest BCUT2D eigenvalue weighted by atomic mass is 32.2. The van der Waals surface area contributed by atoms with E-state index in [0.717, 1.165) is 0 Å². The molecule has 0 atom stereocenters. The molecule has 1 aromatic rings. The second-order valence-electron chi connectivity index (χ2n) is 4.33. The molecular weight excluding hydrogens is 208 g/mol. The van der Waals surface area contributed by atoms with Crippen LogP contribution in [-0.4, -0.2) is 5.75 Å². The quantitative estimate of drug-likeness (QED) is 0.706. The Morgan fingerprint density at radius 1 is 1.36 bits per heavy atom. The Kier molecular flexibility index (Phi) is 2.85. The van der Waals surface area contributed by atoms with Crippen molar-refractivity contribution in [3.8, 4) is 0 Å². The lowest BCUT2D eigenvalue weighted by molar-refractivity contribution is 0.780. The van der Waals surface area contributed by atoms with E-state index in [2.05, 4.69) is 44.7 Å². The van der Waals surface area contributed by atoms with Crippen LogP contribution in [0.25, 0.3) is 0 Å². The molecule has 0 aliphatic carbocycles. The number of hydrogen-bond acceptors (Lipinski definition) is 2. The van der Waals surface area contributed by atoms with E-state index in [-0.39, 0.29) is 4.75 Å². The first kappa shape index (κ1) is 10.4. The molecule has 0 radical (unpaired) electrons. The van der Waals surface area contributed by atoms with Gasteiger partial charge in [-0.15, -0.1) is 11.8 Å². The lowest BCUT2D eigenvalue weighted by Crippen LogP contribution is -2.09. The minimum atomic E-state index is -0.0167. The maximum Gasteiger partial charge on any atom is 0.0322 e. The molecule has 0 spiro atoms. The maximum atomic E-state index is 4.61. The summed E-state index contributed by atoms with van der Waals surface area (Å²) in [5.74, 6) is 1.27. The van der Waals surface area contributed by atoms with E-state index in [4.69, 9.17) is 0 Å². The van der Waals surface area contributed by atoms with Crippen molar-refractivity contribution in [3.63, 3.8) is 0 Å². The van der Waals surface area contributed by atoms with Crippen molar-refractivity contribution in [1.29, 1.82) is 0 Å². The van der Waals surface area contributed by atoms with Gasteiger partial charge in [-0.05, 0) is 49.6 Å². The third kappa shape index (κ3) is 2.12. The first-order valence-electron chi connectivity index (χ1n) is 5.06. The molecule has 1 aromatic carbocycles. The zero-order chi connectivity index (χ0) is 10.2. The molecule has 0 bridgehead atoms. The van der Waals surface area contributed by atoms with Gasteiger partial charge in [0.05, 0.1) is 0 Å². The number of thioether (sulfide) groups is 1. The average Bonchev–Trinajstić information content (AvgIpc) is 2.16. The van der Waals surface area contributed by atoms with E-state index in [0.29, 0.717) is 0 Å². The Morgan fingerprint density at radius 2 is 2.14 bits per heavy atom. The summed E-state index contributed by atoms with van der Waals surface area (Å²) in [4.78, 5) is 1.47. The molecule has 0 N–H and O–H groups in total. The number of thiol groups is 1. The average molecular weight is 224 g/mol. The van der Waals surface area contributed by atoms with Gasteiger partial charge in [-0.2, -0.15) is 12.6 Å². The van der Waals surface area contributed by atoms with Crippen molar-refractivity contribution in [2.45, 2.75) is 36.3 Å². The van der Waals surface area contributed by atoms with Gasteiger partial charge in [-0.1, -0.05) is 12.1 Å². The van der Waals surface area contributed by atoms with E-state index in [1.807, 2.05) is 11.8 Å². The van der Waals surface area contributed by atoms with Crippen LogP contribution in [0.1, 0.15) is 31.4 Å². The fourth-order valence-electron chi connectivity index (χ4n) is 1.74. The Morgan fingerprint density at radius 3 is 2.86 bits per heavy atom. The minimum Gasteiger partial charge on any atom is -0.168 e. The molecule has 14 heavy (non-hydrogen) atoms. The van der Waals surface area contributed by atoms with Crippen LogP contribution >= 0.6 is 24.4 Å². The van der Waals surface area contributed by atoms with Crippen molar-refractivity contribution in [2.75, 3.05) is 5.75 Å². The Labute approximate surface area is 95.9 Å². The van der Waals surface area contributed by atoms with Crippen LogP contribution in [0.4, 0.5) is 0 Å². The molecule has 1 heterocycles. The number of benzene rings is 1. The number of fused-ring (bicyclic) bond motifs is 1. The van der Waals surface area contributed by atoms with E-state index < -0.39 is 0 Å². The van der Waals surface area contributed by atoms with Crippen molar-refractivity contribution < 1.29 is 0 Å². The zero-order valence-corrected chi connectivity index (χ0v) is 10.4. The fraction of sp³-hybridized carbons (Fsp3) is 0.500. The molecule has 1 aliphatic heterocycles. The molecule has 2 rings (SSSR count). The van der Waals surface area contributed by atoms with E-state index in [1.54, 1.807) is 0 Å². The lowest BCUT2D eigenvalue weighted by Gasteiger charge is -2.22. The highest BCUT2D eigenvalue weighted by Gasteiger charge is 2.17. The van der Waals surface area contributed by atoms with Gasteiger partial charge in [0.25, 0.3) is 0 Å². The molecule has 0 nitrogen and oxygen atoms in total. The summed E-state index contributed by atoms with van der Waals surface area (Å²) in [5, 5.41) is 0. The van der Waals surface area contributed by atoms with Gasteiger partial charge in [0.1, 0.15) is 0 Å². The van der Waals surface area contributed by atoms with Gasteiger partial charge in [0.2, 0.25) is 0 Å². The number of rotatable bonds is 1. The summed E-state index contributed by atoms with van der Waals surface area (Å²) in [6.07, 6.45) is 2.55. The van der Waals surface area contributed by atoms with E-state index in [9.17, 15) is 0 Å². The van der Waals surface area contributed by atoms with E-state index >= 15 is 0 Å². The number of aryl methyl sites for hydroxylation is 1. The third-order valence-electron chi connectivity index (χ3n) is 2.61. The molecule has 1 aliphatic rings. The highest BCUT2D eigenvalue weighted by molar-refractivity contribution is 7.99. The molecule has 0 unspecified atom stereocenters. The first-order chi connectivity index (χ1) is 6.57. The summed E-state index contributed by atoms with van der Waals surface area (Å²) in [6.45, 7) is 4.29. The smallest absolute Gasteiger partial charge is 0.0322 e. The SMILES string of the molecule is CC(C)(S)c1ccc2c(c1)CCCS2. The summed E-state index contributed by atoms with van der Waals surface area (Å²) in [7, 11) is 0. The van der Waals surface area contributed by atoms with Crippen molar-refractivity contribution in [2.24, 2.45) is 0 Å². The molecule has 76 valence electrons. The third-order valence-corrected chi connectivity index (χ3v) is 4.08. The normalized spacial score (nSPS) is 16.5. The van der Waals surface area contributed by atoms with Gasteiger partial charge < -0.3 is 0 Å². The van der Waals surface area contributed by atoms with Crippen molar-refractivity contribution in [1.82, 2.24) is 0 Å². The van der Waals surface area contributed by atoms with Crippen LogP contribution < -0.4 is 0 Å². The molecule has 0 fully saturated rings. The van der Waals surface area contributed by atoms with Crippen LogP contribution in [0.3, 0.4) is 0 Å². The highest BCUT2D eigenvalue weighted by Crippen LogP contribution is 2.34. The van der Waals surface area contributed by atoms with Crippen LogP contribution in [0.2, 0.25) is 0 Å². The second-order valence-corrected chi connectivity index (χ2v) is 6.59. The van der Waals surface area contributed by atoms with Gasteiger partial charge >= 0.3 is 0 Å². The Balaban J connectivity index is 2.39. The fourth-order valence-corrected chi connectivity index (χ4v) is 2.90. The van der Waals surface area contributed by atoms with Gasteiger partial charge in [0, 0.05) is 9.64 Å². The largest absolute Gasteiger partial charge is 0.168 e. The molecule has 0 saturated heterocycles. The summed E-state index contributed by atoms with van der Waals surface area (Å²) in [6, 6.07) is 6.80. The maximum absolute atomic E-state index is 4.61. The minimum absolute atomic E-state index is 0.0167. The monoisotopic (exact) mass is 224 g/mol.